The van der Waals surface area contributed by atoms with Gasteiger partial charge in [0.1, 0.15) is 23.8 Å². The Morgan fingerprint density at radius 1 is 1.61 bits per heavy atom. The average molecular weight is 248 g/mol. The van der Waals surface area contributed by atoms with Gasteiger partial charge in [-0.2, -0.15) is 0 Å². The number of hydrogen-bond acceptors (Lipinski definition) is 5. The van der Waals surface area contributed by atoms with Gasteiger partial charge < -0.3 is 9.15 Å². The van der Waals surface area contributed by atoms with Gasteiger partial charge in [0.15, 0.2) is 0 Å². The molecular weight excluding hydrogens is 236 g/mol. The topological polar surface area (TPSA) is 72.1 Å². The third kappa shape index (κ3) is 2.32. The van der Waals surface area contributed by atoms with E-state index >= 15 is 0 Å². The summed E-state index contributed by atoms with van der Waals surface area (Å²) in [5.74, 6) is 0.171. The second-order valence-corrected chi connectivity index (χ2v) is 3.67. The highest BCUT2D eigenvalue weighted by atomic mass is 16.5. The van der Waals surface area contributed by atoms with Crippen molar-refractivity contribution < 1.29 is 18.7 Å². The molecule has 1 aromatic rings. The number of furan rings is 1. The molecule has 0 radical (unpaired) electrons. The SMILES string of the molecule is COC(=O)CN1C(=O)/C(=C/c2ccco2)N=C1C. The molecule has 0 saturated heterocycles. The van der Waals surface area contributed by atoms with Crippen LogP contribution in [0.25, 0.3) is 6.08 Å². The van der Waals surface area contributed by atoms with Crippen LogP contribution in [-0.4, -0.2) is 36.3 Å². The predicted molar refractivity (Wildman–Crippen MR) is 63.5 cm³/mol. The van der Waals surface area contributed by atoms with E-state index in [1.165, 1.54) is 24.3 Å². The van der Waals surface area contributed by atoms with Crippen molar-refractivity contribution in [1.82, 2.24) is 4.90 Å². The summed E-state index contributed by atoms with van der Waals surface area (Å²) in [5, 5.41) is 0. The van der Waals surface area contributed by atoms with Crippen LogP contribution in [0.3, 0.4) is 0 Å². The molecule has 1 aromatic heterocycles. The number of hydrogen-bond donors (Lipinski definition) is 0. The number of aliphatic imine (C=N–C) groups is 1. The van der Waals surface area contributed by atoms with E-state index in [1.807, 2.05) is 0 Å². The summed E-state index contributed by atoms with van der Waals surface area (Å²) in [6.45, 7) is 1.52. The first-order valence-corrected chi connectivity index (χ1v) is 5.31. The molecule has 1 aliphatic heterocycles. The number of methoxy groups -OCH3 is 1. The van der Waals surface area contributed by atoms with Gasteiger partial charge in [-0.15, -0.1) is 0 Å². The van der Waals surface area contributed by atoms with E-state index in [0.717, 1.165) is 0 Å². The van der Waals surface area contributed by atoms with Crippen molar-refractivity contribution in [2.24, 2.45) is 4.99 Å². The Morgan fingerprint density at radius 3 is 3.00 bits per heavy atom. The van der Waals surface area contributed by atoms with Gasteiger partial charge in [-0.1, -0.05) is 0 Å². The molecule has 2 heterocycles. The van der Waals surface area contributed by atoms with Crippen LogP contribution in [0.4, 0.5) is 0 Å². The van der Waals surface area contributed by atoms with E-state index < -0.39 is 5.97 Å². The molecule has 6 nitrogen and oxygen atoms in total. The van der Waals surface area contributed by atoms with Crippen LogP contribution in [0.5, 0.6) is 0 Å². The van der Waals surface area contributed by atoms with Gasteiger partial charge in [0.2, 0.25) is 0 Å². The van der Waals surface area contributed by atoms with Crippen molar-refractivity contribution in [1.29, 1.82) is 0 Å². The largest absolute Gasteiger partial charge is 0.468 e. The number of carbonyl (C=O) groups is 2. The molecule has 1 aliphatic rings. The lowest BCUT2D eigenvalue weighted by Gasteiger charge is -2.13. The van der Waals surface area contributed by atoms with Gasteiger partial charge in [-0.25, -0.2) is 4.99 Å². The van der Waals surface area contributed by atoms with Crippen molar-refractivity contribution in [3.63, 3.8) is 0 Å². The molecule has 1 amide bonds. The number of esters is 1. The monoisotopic (exact) mass is 248 g/mol. The van der Waals surface area contributed by atoms with E-state index in [2.05, 4.69) is 9.73 Å². The number of carbonyl (C=O) groups excluding carboxylic acids is 2. The summed E-state index contributed by atoms with van der Waals surface area (Å²) in [7, 11) is 1.27. The molecule has 0 N–H and O–H groups in total. The second-order valence-electron chi connectivity index (χ2n) is 3.67. The van der Waals surface area contributed by atoms with E-state index in [1.54, 1.807) is 19.1 Å². The number of rotatable bonds is 3. The number of amidine groups is 1. The molecule has 2 rings (SSSR count). The number of amides is 1. The van der Waals surface area contributed by atoms with Gasteiger partial charge in [0.25, 0.3) is 5.91 Å². The number of ether oxygens (including phenoxy) is 1. The quantitative estimate of drug-likeness (QED) is 0.592. The van der Waals surface area contributed by atoms with E-state index in [0.29, 0.717) is 11.6 Å². The summed E-state index contributed by atoms with van der Waals surface area (Å²) in [6.07, 6.45) is 3.04. The zero-order chi connectivity index (χ0) is 13.1. The molecular formula is C12H12N2O4. The highest BCUT2D eigenvalue weighted by Gasteiger charge is 2.29. The Balaban J connectivity index is 2.19. The number of nitrogens with zero attached hydrogens (tertiary/aromatic N) is 2. The smallest absolute Gasteiger partial charge is 0.325 e. The molecule has 0 aromatic carbocycles. The van der Waals surface area contributed by atoms with Crippen LogP contribution >= 0.6 is 0 Å². The van der Waals surface area contributed by atoms with Crippen LogP contribution in [0.2, 0.25) is 0 Å². The van der Waals surface area contributed by atoms with Crippen molar-refractivity contribution in [3.8, 4) is 0 Å². The van der Waals surface area contributed by atoms with Gasteiger partial charge in [0.05, 0.1) is 13.4 Å². The first-order valence-electron chi connectivity index (χ1n) is 5.31. The van der Waals surface area contributed by atoms with Crippen LogP contribution in [0.1, 0.15) is 12.7 Å². The van der Waals surface area contributed by atoms with Crippen LogP contribution in [0, 0.1) is 0 Å². The lowest BCUT2D eigenvalue weighted by molar-refractivity contribution is -0.143. The molecule has 0 saturated carbocycles. The van der Waals surface area contributed by atoms with Crippen LogP contribution < -0.4 is 0 Å². The maximum absolute atomic E-state index is 12.0. The second kappa shape index (κ2) is 4.87. The van der Waals surface area contributed by atoms with Gasteiger partial charge in [-0.05, 0) is 19.1 Å². The Morgan fingerprint density at radius 2 is 2.39 bits per heavy atom. The van der Waals surface area contributed by atoms with Crippen molar-refractivity contribution in [2.45, 2.75) is 6.92 Å². The fraction of sp³-hybridized carbons (Fsp3) is 0.250. The van der Waals surface area contributed by atoms with Gasteiger partial charge in [0, 0.05) is 6.08 Å². The minimum Gasteiger partial charge on any atom is -0.468 e. The van der Waals surface area contributed by atoms with E-state index in [9.17, 15) is 9.59 Å². The molecule has 0 fully saturated rings. The molecule has 0 unspecified atom stereocenters. The molecule has 6 heteroatoms. The third-order valence-electron chi connectivity index (χ3n) is 2.47. The normalized spacial score (nSPS) is 17.2. The van der Waals surface area contributed by atoms with Crippen molar-refractivity contribution in [3.05, 3.63) is 29.9 Å². The Kier molecular flexibility index (Phi) is 3.27. The van der Waals surface area contributed by atoms with E-state index in [4.69, 9.17) is 4.42 Å². The predicted octanol–water partition coefficient (Wildman–Crippen LogP) is 1.05. The highest BCUT2D eigenvalue weighted by molar-refractivity contribution is 6.14. The minimum atomic E-state index is -0.489. The highest BCUT2D eigenvalue weighted by Crippen LogP contribution is 2.18. The lowest BCUT2D eigenvalue weighted by Crippen LogP contribution is -2.35. The third-order valence-corrected chi connectivity index (χ3v) is 2.47. The van der Waals surface area contributed by atoms with Gasteiger partial charge >= 0.3 is 5.97 Å². The maximum atomic E-state index is 12.0. The maximum Gasteiger partial charge on any atom is 0.325 e. The molecule has 0 bridgehead atoms. The molecule has 0 atom stereocenters. The Labute approximate surface area is 104 Å². The first kappa shape index (κ1) is 12.1. The van der Waals surface area contributed by atoms with Crippen molar-refractivity contribution in [2.75, 3.05) is 13.7 Å². The first-order chi connectivity index (χ1) is 8.61. The molecule has 94 valence electrons. The standard InChI is InChI=1S/C12H12N2O4/c1-8-13-10(6-9-4-3-5-18-9)12(16)14(8)7-11(15)17-2/h3-6H,7H2,1-2H3/b10-6-. The summed E-state index contributed by atoms with van der Waals surface area (Å²) >= 11 is 0. The lowest BCUT2D eigenvalue weighted by atomic mass is 10.3. The van der Waals surface area contributed by atoms with E-state index in [-0.39, 0.29) is 18.1 Å². The van der Waals surface area contributed by atoms with Crippen LogP contribution in [0.15, 0.2) is 33.5 Å². The Hall–Kier alpha value is -2.37. The molecule has 0 spiro atoms. The molecule has 18 heavy (non-hydrogen) atoms. The minimum absolute atomic E-state index is 0.139. The zero-order valence-corrected chi connectivity index (χ0v) is 10.0. The van der Waals surface area contributed by atoms with Crippen molar-refractivity contribution >= 4 is 23.8 Å². The van der Waals surface area contributed by atoms with Gasteiger partial charge in [-0.3, -0.25) is 14.5 Å². The fourth-order valence-electron chi connectivity index (χ4n) is 1.55. The summed E-state index contributed by atoms with van der Waals surface area (Å²) in [5.41, 5.74) is 0.242. The summed E-state index contributed by atoms with van der Waals surface area (Å²) in [4.78, 5) is 28.5. The summed E-state index contributed by atoms with van der Waals surface area (Å²) < 4.78 is 9.63. The van der Waals surface area contributed by atoms with Crippen LogP contribution in [-0.2, 0) is 14.3 Å². The molecule has 0 aliphatic carbocycles. The summed E-state index contributed by atoms with van der Waals surface area (Å²) in [6, 6.07) is 3.43. The fourth-order valence-corrected chi connectivity index (χ4v) is 1.55. The zero-order valence-electron chi connectivity index (χ0n) is 10.0. The Bertz CT molecular complexity index is 528. The average Bonchev–Trinajstić information content (AvgIpc) is 2.94.